The molecule has 0 radical (unpaired) electrons. The van der Waals surface area contributed by atoms with Crippen molar-refractivity contribution in [1.29, 1.82) is 0 Å². The van der Waals surface area contributed by atoms with Gasteiger partial charge in [-0.05, 0) is 31.0 Å². The number of carbonyl (C=O) groups is 2. The molecular formula is C13H17NO4. The number of hydrogen-bond acceptors (Lipinski definition) is 4. The zero-order valence-corrected chi connectivity index (χ0v) is 10.7. The molecule has 0 aliphatic carbocycles. The molecule has 0 aliphatic heterocycles. The number of hydrogen-bond donors (Lipinski definition) is 2. The first kappa shape index (κ1) is 14.2. The minimum atomic E-state index is -1.10. The number of carboxylic acid groups (broad SMARTS) is 1. The molecule has 0 aliphatic rings. The lowest BCUT2D eigenvalue weighted by atomic mass is 9.97. The van der Waals surface area contributed by atoms with Crippen LogP contribution in [0.25, 0.3) is 0 Å². The van der Waals surface area contributed by atoms with E-state index in [9.17, 15) is 9.59 Å². The number of carboxylic acids is 1. The molecule has 0 spiro atoms. The van der Waals surface area contributed by atoms with Gasteiger partial charge in [-0.15, -0.1) is 0 Å². The van der Waals surface area contributed by atoms with Gasteiger partial charge in [0.25, 0.3) is 0 Å². The number of benzene rings is 1. The molecule has 1 unspecified atom stereocenters. The molecule has 1 rings (SSSR count). The summed E-state index contributed by atoms with van der Waals surface area (Å²) in [5, 5.41) is 8.65. The van der Waals surface area contributed by atoms with E-state index in [1.165, 1.54) is 7.11 Å². The molecule has 5 heteroatoms. The van der Waals surface area contributed by atoms with E-state index in [0.717, 1.165) is 11.1 Å². The Hall–Kier alpha value is -1.88. The van der Waals surface area contributed by atoms with Crippen molar-refractivity contribution in [3.05, 3.63) is 28.8 Å². The fourth-order valence-electron chi connectivity index (χ4n) is 1.89. The lowest BCUT2D eigenvalue weighted by Gasteiger charge is -2.14. The zero-order valence-electron chi connectivity index (χ0n) is 10.7. The standard InChI is InChI=1S/C13H17NO4/c1-7-4-8(2)13(18-3)9(5-7)12(17)10(14)6-11(15)16/h4-5,10H,6,14H2,1-3H3,(H,15,16). The molecule has 1 atom stereocenters. The lowest BCUT2D eigenvalue weighted by Crippen LogP contribution is -2.33. The molecule has 3 N–H and O–H groups in total. The molecule has 0 bridgehead atoms. The summed E-state index contributed by atoms with van der Waals surface area (Å²) < 4.78 is 5.18. The second kappa shape index (κ2) is 5.64. The molecule has 18 heavy (non-hydrogen) atoms. The predicted molar refractivity (Wildman–Crippen MR) is 67.0 cm³/mol. The van der Waals surface area contributed by atoms with Crippen LogP contribution in [0.5, 0.6) is 5.75 Å². The number of aliphatic carboxylic acids is 1. The first-order chi connectivity index (χ1) is 8.36. The molecule has 98 valence electrons. The summed E-state index contributed by atoms with van der Waals surface area (Å²) in [5.74, 6) is -1.06. The Morgan fingerprint density at radius 2 is 2.00 bits per heavy atom. The molecule has 1 aromatic rings. The van der Waals surface area contributed by atoms with Gasteiger partial charge in [-0.2, -0.15) is 0 Å². The number of carbonyl (C=O) groups excluding carboxylic acids is 1. The third-order valence-corrected chi connectivity index (χ3v) is 2.62. The van der Waals surface area contributed by atoms with Crippen molar-refractivity contribution >= 4 is 11.8 Å². The van der Waals surface area contributed by atoms with Crippen molar-refractivity contribution in [3.63, 3.8) is 0 Å². The topological polar surface area (TPSA) is 89.6 Å². The number of ether oxygens (including phenoxy) is 1. The van der Waals surface area contributed by atoms with Crippen molar-refractivity contribution in [2.24, 2.45) is 5.73 Å². The van der Waals surface area contributed by atoms with E-state index in [1.807, 2.05) is 19.9 Å². The van der Waals surface area contributed by atoms with Crippen LogP contribution in [-0.4, -0.2) is 30.0 Å². The van der Waals surface area contributed by atoms with Crippen molar-refractivity contribution in [2.75, 3.05) is 7.11 Å². The second-order valence-corrected chi connectivity index (χ2v) is 4.23. The summed E-state index contributed by atoms with van der Waals surface area (Å²) in [6.45, 7) is 3.68. The number of methoxy groups -OCH3 is 1. The molecule has 5 nitrogen and oxygen atoms in total. The van der Waals surface area contributed by atoms with Gasteiger partial charge in [0.15, 0.2) is 5.78 Å². The summed E-state index contributed by atoms with van der Waals surface area (Å²) in [4.78, 5) is 22.7. The molecule has 1 aromatic carbocycles. The van der Waals surface area contributed by atoms with Gasteiger partial charge in [-0.3, -0.25) is 9.59 Å². The van der Waals surface area contributed by atoms with Gasteiger partial charge in [-0.25, -0.2) is 0 Å². The number of rotatable bonds is 5. The van der Waals surface area contributed by atoms with Gasteiger partial charge in [0, 0.05) is 0 Å². The quantitative estimate of drug-likeness (QED) is 0.770. The fourth-order valence-corrected chi connectivity index (χ4v) is 1.89. The van der Waals surface area contributed by atoms with Crippen LogP contribution in [0.2, 0.25) is 0 Å². The Bertz CT molecular complexity index is 482. The summed E-state index contributed by atoms with van der Waals surface area (Å²) >= 11 is 0. The van der Waals surface area contributed by atoms with Crippen molar-refractivity contribution in [1.82, 2.24) is 0 Å². The minimum Gasteiger partial charge on any atom is -0.496 e. The second-order valence-electron chi connectivity index (χ2n) is 4.23. The van der Waals surface area contributed by atoms with Gasteiger partial charge in [-0.1, -0.05) is 6.07 Å². The Kier molecular flexibility index (Phi) is 4.44. The Morgan fingerprint density at radius 1 is 1.39 bits per heavy atom. The highest BCUT2D eigenvalue weighted by Crippen LogP contribution is 2.26. The number of nitrogens with two attached hydrogens (primary N) is 1. The van der Waals surface area contributed by atoms with Crippen LogP contribution >= 0.6 is 0 Å². The van der Waals surface area contributed by atoms with Crippen LogP contribution in [0.1, 0.15) is 27.9 Å². The van der Waals surface area contributed by atoms with E-state index in [2.05, 4.69) is 0 Å². The molecule has 0 fully saturated rings. The maximum atomic E-state index is 12.1. The maximum Gasteiger partial charge on any atom is 0.305 e. The average molecular weight is 251 g/mol. The Morgan fingerprint density at radius 3 is 2.50 bits per heavy atom. The molecular weight excluding hydrogens is 234 g/mol. The first-order valence-corrected chi connectivity index (χ1v) is 5.53. The molecule has 0 saturated heterocycles. The number of Topliss-reactive ketones (excluding diaryl/α,β-unsaturated/α-hetero) is 1. The van der Waals surface area contributed by atoms with Crippen LogP contribution in [-0.2, 0) is 4.79 Å². The van der Waals surface area contributed by atoms with Gasteiger partial charge in [0.05, 0.1) is 25.1 Å². The Balaban J connectivity index is 3.15. The van der Waals surface area contributed by atoms with E-state index in [1.54, 1.807) is 6.07 Å². The van der Waals surface area contributed by atoms with E-state index in [0.29, 0.717) is 11.3 Å². The predicted octanol–water partition coefficient (Wildman–Crippen LogP) is 1.30. The van der Waals surface area contributed by atoms with Crippen molar-refractivity contribution < 1.29 is 19.4 Å². The summed E-state index contributed by atoms with van der Waals surface area (Å²) in [7, 11) is 1.47. The van der Waals surface area contributed by atoms with E-state index in [4.69, 9.17) is 15.6 Å². The van der Waals surface area contributed by atoms with Gasteiger partial charge < -0.3 is 15.6 Å². The largest absolute Gasteiger partial charge is 0.496 e. The monoisotopic (exact) mass is 251 g/mol. The lowest BCUT2D eigenvalue weighted by molar-refractivity contribution is -0.137. The third kappa shape index (κ3) is 3.07. The fraction of sp³-hybridized carbons (Fsp3) is 0.385. The van der Waals surface area contributed by atoms with Crippen LogP contribution in [0.3, 0.4) is 0 Å². The highest BCUT2D eigenvalue weighted by molar-refractivity contribution is 6.04. The summed E-state index contributed by atoms with van der Waals surface area (Å²) in [6, 6.07) is 2.49. The van der Waals surface area contributed by atoms with Crippen molar-refractivity contribution in [2.45, 2.75) is 26.3 Å². The van der Waals surface area contributed by atoms with E-state index < -0.39 is 24.2 Å². The normalized spacial score (nSPS) is 12.0. The van der Waals surface area contributed by atoms with Crippen molar-refractivity contribution in [3.8, 4) is 5.75 Å². The Labute approximate surface area is 106 Å². The highest BCUT2D eigenvalue weighted by Gasteiger charge is 2.23. The maximum absolute atomic E-state index is 12.1. The van der Waals surface area contributed by atoms with E-state index in [-0.39, 0.29) is 0 Å². The first-order valence-electron chi connectivity index (χ1n) is 5.53. The van der Waals surface area contributed by atoms with Gasteiger partial charge in [0.1, 0.15) is 5.75 Å². The number of ketones is 1. The molecule has 0 amide bonds. The SMILES string of the molecule is COc1c(C)cc(C)cc1C(=O)C(N)CC(=O)O. The van der Waals surface area contributed by atoms with Gasteiger partial charge >= 0.3 is 5.97 Å². The van der Waals surface area contributed by atoms with Crippen LogP contribution < -0.4 is 10.5 Å². The van der Waals surface area contributed by atoms with E-state index >= 15 is 0 Å². The third-order valence-electron chi connectivity index (χ3n) is 2.62. The summed E-state index contributed by atoms with van der Waals surface area (Å²) in [6.07, 6.45) is -0.394. The average Bonchev–Trinajstić information content (AvgIpc) is 2.26. The van der Waals surface area contributed by atoms with Gasteiger partial charge in [0.2, 0.25) is 0 Å². The molecule has 0 saturated carbocycles. The van der Waals surface area contributed by atoms with Crippen LogP contribution in [0, 0.1) is 13.8 Å². The van der Waals surface area contributed by atoms with Crippen LogP contribution in [0.15, 0.2) is 12.1 Å². The smallest absolute Gasteiger partial charge is 0.305 e. The van der Waals surface area contributed by atoms with Crippen LogP contribution in [0.4, 0.5) is 0 Å². The highest BCUT2D eigenvalue weighted by atomic mass is 16.5. The molecule has 0 aromatic heterocycles. The minimum absolute atomic E-state index is 0.337. The molecule has 0 heterocycles. The zero-order chi connectivity index (χ0) is 13.9. The number of aryl methyl sites for hydroxylation is 2. The summed E-state index contributed by atoms with van der Waals surface area (Å²) in [5.41, 5.74) is 7.65.